The first kappa shape index (κ1) is 19.2. The van der Waals surface area contributed by atoms with E-state index < -0.39 is 0 Å². The summed E-state index contributed by atoms with van der Waals surface area (Å²) < 4.78 is 5.18. The van der Waals surface area contributed by atoms with Crippen LogP contribution in [0.25, 0.3) is 11.1 Å². The number of nitrogens with zero attached hydrogens (tertiary/aromatic N) is 2. The Morgan fingerprint density at radius 3 is 2.85 bits per heavy atom. The number of ether oxygens (including phenoxy) is 1. The fraction of sp³-hybridized carbons (Fsp3) is 0.400. The van der Waals surface area contributed by atoms with E-state index in [2.05, 4.69) is 16.0 Å². The number of carbonyl (C=O) groups excluding carboxylic acids is 1. The molecule has 1 aliphatic rings. The van der Waals surface area contributed by atoms with Gasteiger partial charge in [-0.3, -0.25) is 14.7 Å². The molecule has 3 rings (SSSR count). The highest BCUT2D eigenvalue weighted by molar-refractivity contribution is 6.42. The Balaban J connectivity index is 1.70. The Morgan fingerprint density at radius 2 is 2.08 bits per heavy atom. The van der Waals surface area contributed by atoms with Crippen molar-refractivity contribution in [1.29, 1.82) is 0 Å². The normalized spacial score (nSPS) is 17.9. The van der Waals surface area contributed by atoms with Gasteiger partial charge < -0.3 is 4.74 Å². The molecule has 0 N–H and O–H groups in total. The number of carbonyl (C=O) groups is 1. The lowest BCUT2D eigenvalue weighted by Gasteiger charge is -2.31. The standard InChI is InChI=1S/C20H22Cl2N2O2/c1-2-26-20(25)16-4-3-7-24(13-16)12-14-8-17(11-23-10-14)15-5-6-18(21)19(22)9-15/h5-6,8-11,16H,2-4,7,12-13H2,1H3/t16-/m1/s1. The van der Waals surface area contributed by atoms with Crippen molar-refractivity contribution in [2.45, 2.75) is 26.3 Å². The first-order valence-corrected chi connectivity index (χ1v) is 9.60. The maximum atomic E-state index is 12.0. The molecule has 6 heteroatoms. The van der Waals surface area contributed by atoms with Gasteiger partial charge in [0.1, 0.15) is 0 Å². The fourth-order valence-corrected chi connectivity index (χ4v) is 3.62. The Labute approximate surface area is 164 Å². The van der Waals surface area contributed by atoms with Crippen molar-refractivity contribution in [2.75, 3.05) is 19.7 Å². The first-order valence-electron chi connectivity index (χ1n) is 8.85. The van der Waals surface area contributed by atoms with Crippen molar-refractivity contribution in [3.63, 3.8) is 0 Å². The summed E-state index contributed by atoms with van der Waals surface area (Å²) in [6, 6.07) is 7.69. The number of rotatable bonds is 5. The van der Waals surface area contributed by atoms with Gasteiger partial charge in [-0.2, -0.15) is 0 Å². The highest BCUT2D eigenvalue weighted by atomic mass is 35.5. The molecule has 1 aromatic carbocycles. The zero-order valence-corrected chi connectivity index (χ0v) is 16.3. The maximum Gasteiger partial charge on any atom is 0.310 e. The second-order valence-electron chi connectivity index (χ2n) is 6.54. The summed E-state index contributed by atoms with van der Waals surface area (Å²) in [7, 11) is 0. The van der Waals surface area contributed by atoms with Crippen LogP contribution in [0.1, 0.15) is 25.3 Å². The molecule has 1 saturated heterocycles. The SMILES string of the molecule is CCOC(=O)[C@@H]1CCCN(Cc2cncc(-c3ccc(Cl)c(Cl)c3)c2)C1. The lowest BCUT2D eigenvalue weighted by Crippen LogP contribution is -2.38. The number of benzene rings is 1. The highest BCUT2D eigenvalue weighted by Crippen LogP contribution is 2.29. The van der Waals surface area contributed by atoms with E-state index in [9.17, 15) is 4.79 Å². The summed E-state index contributed by atoms with van der Waals surface area (Å²) in [5, 5.41) is 1.07. The predicted molar refractivity (Wildman–Crippen MR) is 104 cm³/mol. The summed E-state index contributed by atoms with van der Waals surface area (Å²) in [5.41, 5.74) is 3.09. The number of aromatic nitrogens is 1. The van der Waals surface area contributed by atoms with E-state index in [1.807, 2.05) is 31.5 Å². The second kappa shape index (κ2) is 8.85. The Hall–Kier alpha value is -1.62. The molecular weight excluding hydrogens is 371 g/mol. The van der Waals surface area contributed by atoms with Gasteiger partial charge in [-0.25, -0.2) is 0 Å². The fourth-order valence-electron chi connectivity index (χ4n) is 3.32. The lowest BCUT2D eigenvalue weighted by atomic mass is 9.97. The van der Waals surface area contributed by atoms with Gasteiger partial charge in [-0.1, -0.05) is 29.3 Å². The van der Waals surface area contributed by atoms with E-state index in [1.54, 1.807) is 6.07 Å². The molecule has 2 aromatic rings. The number of esters is 1. The molecule has 1 aromatic heterocycles. The Kier molecular flexibility index (Phi) is 6.52. The van der Waals surface area contributed by atoms with Crippen molar-refractivity contribution >= 4 is 29.2 Å². The van der Waals surface area contributed by atoms with E-state index in [0.29, 0.717) is 16.7 Å². The van der Waals surface area contributed by atoms with Gasteiger partial charge >= 0.3 is 5.97 Å². The van der Waals surface area contributed by atoms with Gasteiger partial charge in [0.15, 0.2) is 0 Å². The molecule has 0 unspecified atom stereocenters. The van der Waals surface area contributed by atoms with Crippen molar-refractivity contribution in [3.8, 4) is 11.1 Å². The number of piperidine rings is 1. The van der Waals surface area contributed by atoms with Gasteiger partial charge in [0, 0.05) is 31.0 Å². The molecule has 26 heavy (non-hydrogen) atoms. The van der Waals surface area contributed by atoms with Gasteiger partial charge in [0.25, 0.3) is 0 Å². The molecule has 1 atom stereocenters. The Morgan fingerprint density at radius 1 is 1.23 bits per heavy atom. The molecule has 1 aliphatic heterocycles. The zero-order chi connectivity index (χ0) is 18.5. The second-order valence-corrected chi connectivity index (χ2v) is 7.35. The summed E-state index contributed by atoms with van der Waals surface area (Å²) >= 11 is 12.1. The molecule has 0 spiro atoms. The Bertz CT molecular complexity index is 782. The van der Waals surface area contributed by atoms with Crippen LogP contribution in [0.15, 0.2) is 36.7 Å². The monoisotopic (exact) mass is 392 g/mol. The van der Waals surface area contributed by atoms with Crippen LogP contribution in [0.5, 0.6) is 0 Å². The van der Waals surface area contributed by atoms with Crippen LogP contribution in [0.4, 0.5) is 0 Å². The molecule has 0 saturated carbocycles. The third-order valence-electron chi connectivity index (χ3n) is 4.58. The van der Waals surface area contributed by atoms with Crippen LogP contribution in [-0.2, 0) is 16.1 Å². The minimum absolute atomic E-state index is 0.0325. The molecule has 0 radical (unpaired) electrons. The van der Waals surface area contributed by atoms with Gasteiger partial charge in [0.2, 0.25) is 0 Å². The molecule has 0 bridgehead atoms. The maximum absolute atomic E-state index is 12.0. The number of pyridine rings is 1. The van der Waals surface area contributed by atoms with Crippen LogP contribution in [0, 0.1) is 5.92 Å². The zero-order valence-electron chi connectivity index (χ0n) is 14.8. The summed E-state index contributed by atoms with van der Waals surface area (Å²) in [6.45, 7) is 4.75. The van der Waals surface area contributed by atoms with E-state index in [1.165, 1.54) is 0 Å². The molecule has 0 amide bonds. The quantitative estimate of drug-likeness (QED) is 0.683. The third-order valence-corrected chi connectivity index (χ3v) is 5.32. The third kappa shape index (κ3) is 4.76. The molecule has 2 heterocycles. The molecule has 0 aliphatic carbocycles. The van der Waals surface area contributed by atoms with Crippen LogP contribution in [0.2, 0.25) is 10.0 Å². The minimum Gasteiger partial charge on any atom is -0.466 e. The van der Waals surface area contributed by atoms with Crippen LogP contribution in [-0.4, -0.2) is 35.5 Å². The predicted octanol–water partition coefficient (Wildman–Crippen LogP) is 4.83. The number of hydrogen-bond donors (Lipinski definition) is 0. The molecule has 138 valence electrons. The van der Waals surface area contributed by atoms with Crippen molar-refractivity contribution in [1.82, 2.24) is 9.88 Å². The van der Waals surface area contributed by atoms with Gasteiger partial charge in [-0.05, 0) is 55.6 Å². The summed E-state index contributed by atoms with van der Waals surface area (Å²) in [4.78, 5) is 18.7. The van der Waals surface area contributed by atoms with Gasteiger partial charge in [-0.15, -0.1) is 0 Å². The van der Waals surface area contributed by atoms with Crippen LogP contribution in [0.3, 0.4) is 0 Å². The number of likely N-dealkylation sites (tertiary alicyclic amines) is 1. The molecule has 4 nitrogen and oxygen atoms in total. The van der Waals surface area contributed by atoms with Crippen LogP contribution < -0.4 is 0 Å². The highest BCUT2D eigenvalue weighted by Gasteiger charge is 2.26. The van der Waals surface area contributed by atoms with Crippen molar-refractivity contribution in [2.24, 2.45) is 5.92 Å². The topological polar surface area (TPSA) is 42.4 Å². The van der Waals surface area contributed by atoms with E-state index >= 15 is 0 Å². The van der Waals surface area contributed by atoms with E-state index in [0.717, 1.165) is 49.2 Å². The molecule has 1 fully saturated rings. The summed E-state index contributed by atoms with van der Waals surface area (Å²) in [5.74, 6) is -0.116. The average Bonchev–Trinajstić information content (AvgIpc) is 2.65. The van der Waals surface area contributed by atoms with Crippen molar-refractivity contribution < 1.29 is 9.53 Å². The smallest absolute Gasteiger partial charge is 0.310 e. The van der Waals surface area contributed by atoms with E-state index in [4.69, 9.17) is 27.9 Å². The first-order chi connectivity index (χ1) is 12.6. The largest absolute Gasteiger partial charge is 0.466 e. The lowest BCUT2D eigenvalue weighted by molar-refractivity contribution is -0.150. The average molecular weight is 393 g/mol. The van der Waals surface area contributed by atoms with Gasteiger partial charge in [0.05, 0.1) is 22.6 Å². The number of hydrogen-bond acceptors (Lipinski definition) is 4. The molecular formula is C20H22Cl2N2O2. The minimum atomic E-state index is -0.0834. The van der Waals surface area contributed by atoms with Crippen LogP contribution >= 0.6 is 23.2 Å². The number of halogens is 2. The van der Waals surface area contributed by atoms with Crippen molar-refractivity contribution in [3.05, 3.63) is 52.3 Å². The summed E-state index contributed by atoms with van der Waals surface area (Å²) in [6.07, 6.45) is 5.59. The van der Waals surface area contributed by atoms with E-state index in [-0.39, 0.29) is 11.9 Å².